The molecule has 2 unspecified atom stereocenters. The van der Waals surface area contributed by atoms with E-state index < -0.39 is 11.4 Å². The zero-order chi connectivity index (χ0) is 13.2. The van der Waals surface area contributed by atoms with Gasteiger partial charge < -0.3 is 9.84 Å². The van der Waals surface area contributed by atoms with Crippen molar-refractivity contribution in [1.82, 2.24) is 4.90 Å². The lowest BCUT2D eigenvalue weighted by Gasteiger charge is -2.31. The molecule has 18 heavy (non-hydrogen) atoms. The second-order valence-electron chi connectivity index (χ2n) is 6.03. The maximum Gasteiger partial charge on any atom is 0.311 e. The van der Waals surface area contributed by atoms with Crippen molar-refractivity contribution in [2.24, 2.45) is 11.3 Å². The Hall–Kier alpha value is -0.610. The molecule has 2 aliphatic rings. The number of carbonyl (C=O) groups is 1. The average molecular weight is 255 g/mol. The lowest BCUT2D eigenvalue weighted by Crippen LogP contribution is -2.42. The molecule has 0 aromatic rings. The van der Waals surface area contributed by atoms with Crippen LogP contribution in [-0.2, 0) is 9.53 Å². The second kappa shape index (κ2) is 5.57. The summed E-state index contributed by atoms with van der Waals surface area (Å²) in [5.41, 5.74) is -0.535. The minimum absolute atomic E-state index is 0.196. The van der Waals surface area contributed by atoms with Crippen molar-refractivity contribution in [2.45, 2.75) is 45.6 Å². The van der Waals surface area contributed by atoms with Gasteiger partial charge in [0.2, 0.25) is 0 Å². The summed E-state index contributed by atoms with van der Waals surface area (Å²) >= 11 is 0. The van der Waals surface area contributed by atoms with E-state index >= 15 is 0 Å². The van der Waals surface area contributed by atoms with Gasteiger partial charge in [0.15, 0.2) is 0 Å². The van der Waals surface area contributed by atoms with Gasteiger partial charge in [-0.2, -0.15) is 0 Å². The largest absolute Gasteiger partial charge is 0.481 e. The van der Waals surface area contributed by atoms with Crippen molar-refractivity contribution < 1.29 is 14.6 Å². The summed E-state index contributed by atoms with van der Waals surface area (Å²) in [5, 5.41) is 9.55. The molecule has 104 valence electrons. The van der Waals surface area contributed by atoms with Gasteiger partial charge in [0.1, 0.15) is 0 Å². The highest BCUT2D eigenvalue weighted by molar-refractivity contribution is 5.75. The Bertz CT molecular complexity index is 297. The molecule has 2 heterocycles. The first-order chi connectivity index (χ1) is 8.56. The van der Waals surface area contributed by atoms with Crippen molar-refractivity contribution in [1.29, 1.82) is 0 Å². The second-order valence-corrected chi connectivity index (χ2v) is 6.03. The van der Waals surface area contributed by atoms with E-state index in [4.69, 9.17) is 4.74 Å². The van der Waals surface area contributed by atoms with E-state index in [0.29, 0.717) is 12.6 Å². The van der Waals surface area contributed by atoms with Gasteiger partial charge in [0.05, 0.1) is 5.41 Å². The van der Waals surface area contributed by atoms with Crippen molar-refractivity contribution in [2.75, 3.05) is 26.3 Å². The molecule has 2 aliphatic heterocycles. The van der Waals surface area contributed by atoms with E-state index in [9.17, 15) is 9.90 Å². The average Bonchev–Trinajstić information content (AvgIpc) is 2.61. The predicted octanol–water partition coefficient (Wildman–Crippen LogP) is 1.99. The maximum atomic E-state index is 11.6. The molecule has 0 aromatic carbocycles. The third-order valence-corrected chi connectivity index (χ3v) is 4.80. The zero-order valence-corrected chi connectivity index (χ0v) is 11.5. The van der Waals surface area contributed by atoms with Crippen LogP contribution in [0.5, 0.6) is 0 Å². The highest BCUT2D eigenvalue weighted by Gasteiger charge is 2.48. The van der Waals surface area contributed by atoms with Crippen LogP contribution in [0, 0.1) is 11.3 Å². The molecule has 2 rings (SSSR count). The Labute approximate surface area is 109 Å². The van der Waals surface area contributed by atoms with Gasteiger partial charge in [0, 0.05) is 25.8 Å². The third kappa shape index (κ3) is 2.54. The van der Waals surface area contributed by atoms with E-state index in [-0.39, 0.29) is 5.92 Å². The third-order valence-electron chi connectivity index (χ3n) is 4.80. The molecule has 4 nitrogen and oxygen atoms in total. The van der Waals surface area contributed by atoms with Gasteiger partial charge in [0.25, 0.3) is 0 Å². The van der Waals surface area contributed by atoms with Gasteiger partial charge in [-0.25, -0.2) is 0 Å². The molecule has 4 heteroatoms. The van der Waals surface area contributed by atoms with Crippen LogP contribution in [-0.4, -0.2) is 48.3 Å². The molecular formula is C14H25NO3. The number of hydrogen-bond donors (Lipinski definition) is 1. The number of aliphatic carboxylic acids is 1. The van der Waals surface area contributed by atoms with Gasteiger partial charge in [-0.1, -0.05) is 13.8 Å². The first kappa shape index (κ1) is 13.8. The van der Waals surface area contributed by atoms with E-state index in [1.165, 1.54) is 0 Å². The summed E-state index contributed by atoms with van der Waals surface area (Å²) in [6.45, 7) is 7.39. The molecule has 2 fully saturated rings. The number of carboxylic acids is 1. The van der Waals surface area contributed by atoms with Gasteiger partial charge in [-0.3, -0.25) is 9.69 Å². The Balaban J connectivity index is 2.03. The molecular weight excluding hydrogens is 230 g/mol. The van der Waals surface area contributed by atoms with Crippen LogP contribution < -0.4 is 0 Å². The van der Waals surface area contributed by atoms with Gasteiger partial charge >= 0.3 is 5.97 Å². The lowest BCUT2D eigenvalue weighted by molar-refractivity contribution is -0.151. The number of carboxylic acid groups (broad SMARTS) is 1. The standard InChI is InChI=1S/C14H25NO3/c1-11(2)14(13(16)17)6-7-15(10-14)12-4-3-8-18-9-5-12/h11-12H,3-10H2,1-2H3,(H,16,17). The fourth-order valence-corrected chi connectivity index (χ4v) is 3.32. The van der Waals surface area contributed by atoms with Gasteiger partial charge in [-0.05, 0) is 38.1 Å². The van der Waals surface area contributed by atoms with Crippen LogP contribution in [0.1, 0.15) is 39.5 Å². The van der Waals surface area contributed by atoms with Crippen LogP contribution in [0.2, 0.25) is 0 Å². The zero-order valence-electron chi connectivity index (χ0n) is 11.5. The SMILES string of the molecule is CC(C)C1(C(=O)O)CCN(C2CCCOCC2)C1. The predicted molar refractivity (Wildman–Crippen MR) is 69.6 cm³/mol. The molecule has 1 N–H and O–H groups in total. The lowest BCUT2D eigenvalue weighted by atomic mass is 9.76. The summed E-state index contributed by atoms with van der Waals surface area (Å²) in [6.07, 6.45) is 4.09. The van der Waals surface area contributed by atoms with E-state index in [1.54, 1.807) is 0 Å². The quantitative estimate of drug-likeness (QED) is 0.838. The Morgan fingerprint density at radius 1 is 1.39 bits per heavy atom. The van der Waals surface area contributed by atoms with Gasteiger partial charge in [-0.15, -0.1) is 0 Å². The first-order valence-corrected chi connectivity index (χ1v) is 7.11. The molecule has 0 amide bonds. The van der Waals surface area contributed by atoms with E-state index in [2.05, 4.69) is 4.90 Å². The normalized spacial score (nSPS) is 34.7. The molecule has 0 aromatic heterocycles. The van der Waals surface area contributed by atoms with Crippen LogP contribution in [0.3, 0.4) is 0 Å². The van der Waals surface area contributed by atoms with Crippen LogP contribution in [0.25, 0.3) is 0 Å². The fourth-order valence-electron chi connectivity index (χ4n) is 3.32. The minimum Gasteiger partial charge on any atom is -0.481 e. The van der Waals surface area contributed by atoms with Crippen molar-refractivity contribution in [3.63, 3.8) is 0 Å². The van der Waals surface area contributed by atoms with Crippen LogP contribution in [0.4, 0.5) is 0 Å². The summed E-state index contributed by atoms with van der Waals surface area (Å²) in [6, 6.07) is 0.521. The summed E-state index contributed by atoms with van der Waals surface area (Å²) < 4.78 is 5.49. The minimum atomic E-state index is -0.620. The molecule has 2 saturated heterocycles. The highest BCUT2D eigenvalue weighted by Crippen LogP contribution is 2.39. The Morgan fingerprint density at radius 3 is 2.78 bits per heavy atom. The fraction of sp³-hybridized carbons (Fsp3) is 0.929. The van der Waals surface area contributed by atoms with Crippen molar-refractivity contribution in [3.05, 3.63) is 0 Å². The number of ether oxygens (including phenoxy) is 1. The number of hydrogen-bond acceptors (Lipinski definition) is 3. The number of rotatable bonds is 3. The van der Waals surface area contributed by atoms with Crippen molar-refractivity contribution >= 4 is 5.97 Å². The van der Waals surface area contributed by atoms with Crippen molar-refractivity contribution in [3.8, 4) is 0 Å². The maximum absolute atomic E-state index is 11.6. The van der Waals surface area contributed by atoms with Crippen LogP contribution in [0.15, 0.2) is 0 Å². The monoisotopic (exact) mass is 255 g/mol. The van der Waals surface area contributed by atoms with Crippen LogP contribution >= 0.6 is 0 Å². The molecule has 0 radical (unpaired) electrons. The molecule has 2 atom stereocenters. The highest BCUT2D eigenvalue weighted by atomic mass is 16.5. The summed E-state index contributed by atoms with van der Waals surface area (Å²) in [4.78, 5) is 14.0. The molecule has 0 saturated carbocycles. The molecule has 0 bridgehead atoms. The molecule has 0 spiro atoms. The number of nitrogens with zero attached hydrogens (tertiary/aromatic N) is 1. The summed E-state index contributed by atoms with van der Waals surface area (Å²) in [7, 11) is 0. The topological polar surface area (TPSA) is 49.8 Å². The first-order valence-electron chi connectivity index (χ1n) is 7.11. The summed E-state index contributed by atoms with van der Waals surface area (Å²) in [5.74, 6) is -0.424. The van der Waals surface area contributed by atoms with E-state index in [0.717, 1.165) is 45.4 Å². The number of likely N-dealkylation sites (tertiary alicyclic amines) is 1. The molecule has 0 aliphatic carbocycles. The van der Waals surface area contributed by atoms with E-state index in [1.807, 2.05) is 13.8 Å². The Kier molecular flexibility index (Phi) is 4.28. The smallest absolute Gasteiger partial charge is 0.311 e. The Morgan fingerprint density at radius 2 is 2.17 bits per heavy atom.